The first-order valence-electron chi connectivity index (χ1n) is 8.81. The second-order valence-corrected chi connectivity index (χ2v) is 6.28. The van der Waals surface area contributed by atoms with E-state index in [-0.39, 0.29) is 43.2 Å². The number of anilines is 1. The van der Waals surface area contributed by atoms with E-state index in [0.29, 0.717) is 24.8 Å². The van der Waals surface area contributed by atoms with Crippen molar-refractivity contribution in [2.24, 2.45) is 5.73 Å². The van der Waals surface area contributed by atoms with Gasteiger partial charge in [-0.2, -0.15) is 0 Å². The molecule has 0 aliphatic carbocycles. The van der Waals surface area contributed by atoms with Crippen molar-refractivity contribution in [3.8, 4) is 5.75 Å². The summed E-state index contributed by atoms with van der Waals surface area (Å²) in [6.07, 6.45) is -2.79. The molecule has 2 rings (SSSR count). The van der Waals surface area contributed by atoms with E-state index in [4.69, 9.17) is 15.2 Å². The van der Waals surface area contributed by atoms with E-state index in [1.54, 1.807) is 0 Å². The highest BCUT2D eigenvalue weighted by Gasteiger charge is 2.30. The molecular weight excluding hydrogens is 375 g/mol. The van der Waals surface area contributed by atoms with Crippen LogP contribution < -0.4 is 15.8 Å². The third-order valence-electron chi connectivity index (χ3n) is 3.98. The van der Waals surface area contributed by atoms with Crippen LogP contribution in [0.25, 0.3) is 0 Å². The zero-order valence-electron chi connectivity index (χ0n) is 15.1. The van der Waals surface area contributed by atoms with Gasteiger partial charge < -0.3 is 35.2 Å². The Balaban J connectivity index is 2.16. The molecule has 1 aliphatic heterocycles. The molecule has 0 saturated carbocycles. The van der Waals surface area contributed by atoms with Crippen LogP contribution in [0.3, 0.4) is 0 Å². The van der Waals surface area contributed by atoms with Gasteiger partial charge in [0.25, 0.3) is 0 Å². The zero-order chi connectivity index (χ0) is 20.5. The topological polar surface area (TPSA) is 137 Å². The van der Waals surface area contributed by atoms with Crippen LogP contribution in [0, 0.1) is 0 Å². The van der Waals surface area contributed by atoms with Gasteiger partial charge in [-0.15, -0.1) is 4.39 Å². The second-order valence-electron chi connectivity index (χ2n) is 6.28. The SMILES string of the molecule is NCCCC(=O)Nc1cc(COC(=O)F)ccc1OC1CC(O)CC(C=O)O1. The van der Waals surface area contributed by atoms with E-state index >= 15 is 0 Å². The molecule has 0 spiro atoms. The van der Waals surface area contributed by atoms with E-state index < -0.39 is 24.7 Å². The smallest absolute Gasteiger partial charge is 0.463 e. The van der Waals surface area contributed by atoms with Gasteiger partial charge in [0.1, 0.15) is 24.7 Å². The first kappa shape index (κ1) is 21.7. The number of hydrogen-bond donors (Lipinski definition) is 3. The minimum Gasteiger partial charge on any atom is -0.463 e. The molecule has 3 unspecified atom stereocenters. The number of ether oxygens (including phenoxy) is 3. The molecule has 1 heterocycles. The fourth-order valence-corrected chi connectivity index (χ4v) is 2.68. The highest BCUT2D eigenvalue weighted by molar-refractivity contribution is 5.92. The molecule has 1 aromatic rings. The van der Waals surface area contributed by atoms with Crippen LogP contribution in [0.5, 0.6) is 5.75 Å². The number of amides is 1. The van der Waals surface area contributed by atoms with Crippen molar-refractivity contribution >= 4 is 24.1 Å². The van der Waals surface area contributed by atoms with E-state index in [1.165, 1.54) is 18.2 Å². The Bertz CT molecular complexity index is 701. The van der Waals surface area contributed by atoms with E-state index in [9.17, 15) is 23.9 Å². The van der Waals surface area contributed by atoms with Crippen molar-refractivity contribution in [1.82, 2.24) is 0 Å². The number of hydrogen-bond acceptors (Lipinski definition) is 8. The lowest BCUT2D eigenvalue weighted by Crippen LogP contribution is -2.39. The summed E-state index contributed by atoms with van der Waals surface area (Å²) in [5.74, 6) is -0.0922. The number of benzene rings is 1. The second kappa shape index (κ2) is 10.7. The lowest BCUT2D eigenvalue weighted by molar-refractivity contribution is -0.175. The van der Waals surface area contributed by atoms with Gasteiger partial charge in [0.15, 0.2) is 0 Å². The fraction of sp³-hybridized carbons (Fsp3) is 0.500. The number of aliphatic hydroxyl groups is 1. The van der Waals surface area contributed by atoms with Gasteiger partial charge >= 0.3 is 6.22 Å². The predicted octanol–water partition coefficient (Wildman–Crippen LogP) is 1.41. The summed E-state index contributed by atoms with van der Waals surface area (Å²) in [6, 6.07) is 4.47. The Kier molecular flexibility index (Phi) is 8.30. The zero-order valence-corrected chi connectivity index (χ0v) is 15.1. The molecule has 4 N–H and O–H groups in total. The monoisotopic (exact) mass is 398 g/mol. The van der Waals surface area contributed by atoms with Crippen LogP contribution in [-0.4, -0.2) is 48.6 Å². The van der Waals surface area contributed by atoms with Gasteiger partial charge in [-0.1, -0.05) is 6.07 Å². The third kappa shape index (κ3) is 6.87. The van der Waals surface area contributed by atoms with Gasteiger partial charge in [0.05, 0.1) is 11.8 Å². The normalized spacial score (nSPS) is 21.6. The quantitative estimate of drug-likeness (QED) is 0.419. The highest BCUT2D eigenvalue weighted by atomic mass is 19.1. The summed E-state index contributed by atoms with van der Waals surface area (Å²) in [7, 11) is 0. The van der Waals surface area contributed by atoms with Crippen molar-refractivity contribution < 1.29 is 38.1 Å². The van der Waals surface area contributed by atoms with Crippen molar-refractivity contribution in [1.29, 1.82) is 0 Å². The number of aldehydes is 1. The van der Waals surface area contributed by atoms with Crippen molar-refractivity contribution in [2.75, 3.05) is 11.9 Å². The maximum absolute atomic E-state index is 12.3. The first-order chi connectivity index (χ1) is 13.4. The lowest BCUT2D eigenvalue weighted by atomic mass is 10.1. The molecule has 0 bridgehead atoms. The molecule has 1 fully saturated rings. The van der Waals surface area contributed by atoms with E-state index in [0.717, 1.165) is 0 Å². The van der Waals surface area contributed by atoms with E-state index in [2.05, 4.69) is 10.1 Å². The third-order valence-corrected chi connectivity index (χ3v) is 3.98. The molecule has 1 amide bonds. The predicted molar refractivity (Wildman–Crippen MR) is 95.2 cm³/mol. The van der Waals surface area contributed by atoms with Crippen molar-refractivity contribution in [2.45, 2.75) is 50.8 Å². The molecule has 154 valence electrons. The number of carbonyl (C=O) groups excluding carboxylic acids is 3. The van der Waals surface area contributed by atoms with Gasteiger partial charge in [-0.05, 0) is 30.7 Å². The molecule has 1 aromatic carbocycles. The number of nitrogens with two attached hydrogens (primary N) is 1. The average Bonchev–Trinajstić information content (AvgIpc) is 2.65. The molecule has 0 radical (unpaired) electrons. The number of nitrogens with one attached hydrogen (secondary N) is 1. The standard InChI is InChI=1S/C18H23FN2O7/c19-18(25)26-10-11-3-4-15(14(6-11)21-16(24)2-1-5-20)28-17-8-12(23)7-13(9-22)27-17/h3-4,6,9,12-13,17,23H,1-2,5,7-8,10,20H2,(H,21,24). The van der Waals surface area contributed by atoms with Gasteiger partial charge in [-0.25, -0.2) is 4.79 Å². The molecule has 9 nitrogen and oxygen atoms in total. The molecule has 1 aliphatic rings. The van der Waals surface area contributed by atoms with Crippen LogP contribution in [0.15, 0.2) is 18.2 Å². The summed E-state index contributed by atoms with van der Waals surface area (Å²) < 4.78 is 27.8. The summed E-state index contributed by atoms with van der Waals surface area (Å²) in [5.41, 5.74) is 6.07. The lowest BCUT2D eigenvalue weighted by Gasteiger charge is -2.31. The molecule has 28 heavy (non-hydrogen) atoms. The Hall–Kier alpha value is -2.56. The van der Waals surface area contributed by atoms with Gasteiger partial charge in [0.2, 0.25) is 12.2 Å². The van der Waals surface area contributed by atoms with Crippen LogP contribution in [0.4, 0.5) is 14.9 Å². The minimum atomic E-state index is -1.92. The average molecular weight is 398 g/mol. The molecule has 10 heteroatoms. The number of halogens is 1. The van der Waals surface area contributed by atoms with Gasteiger partial charge in [0, 0.05) is 19.3 Å². The first-order valence-corrected chi connectivity index (χ1v) is 8.81. The largest absolute Gasteiger partial charge is 0.495 e. The van der Waals surface area contributed by atoms with Crippen LogP contribution in [0.1, 0.15) is 31.2 Å². The fourth-order valence-electron chi connectivity index (χ4n) is 2.68. The minimum absolute atomic E-state index is 0.145. The van der Waals surface area contributed by atoms with Crippen LogP contribution >= 0.6 is 0 Å². The van der Waals surface area contributed by atoms with Crippen molar-refractivity contribution in [3.05, 3.63) is 23.8 Å². The Labute approximate surface area is 160 Å². The van der Waals surface area contributed by atoms with Crippen molar-refractivity contribution in [3.63, 3.8) is 0 Å². The molecule has 3 atom stereocenters. The molecule has 1 saturated heterocycles. The summed E-state index contributed by atoms with van der Waals surface area (Å²) in [6.45, 7) is 0.0251. The number of rotatable bonds is 9. The molecule has 0 aromatic heterocycles. The van der Waals surface area contributed by atoms with Crippen LogP contribution in [-0.2, 0) is 25.7 Å². The Morgan fingerprint density at radius 3 is 2.86 bits per heavy atom. The number of aliphatic hydroxyl groups excluding tert-OH is 1. The Morgan fingerprint density at radius 2 is 2.18 bits per heavy atom. The summed E-state index contributed by atoms with van der Waals surface area (Å²) in [4.78, 5) is 33.4. The summed E-state index contributed by atoms with van der Waals surface area (Å²) >= 11 is 0. The number of carbonyl (C=O) groups is 3. The molecular formula is C18H23FN2O7. The van der Waals surface area contributed by atoms with Crippen LogP contribution in [0.2, 0.25) is 0 Å². The van der Waals surface area contributed by atoms with E-state index in [1.807, 2.05) is 0 Å². The maximum Gasteiger partial charge on any atom is 0.495 e. The summed E-state index contributed by atoms with van der Waals surface area (Å²) in [5, 5.41) is 12.5. The highest BCUT2D eigenvalue weighted by Crippen LogP contribution is 2.30. The van der Waals surface area contributed by atoms with Gasteiger partial charge in [-0.3, -0.25) is 4.79 Å². The Morgan fingerprint density at radius 1 is 1.39 bits per heavy atom. The maximum atomic E-state index is 12.3.